The number of aromatic hydroxyl groups is 4. The summed E-state index contributed by atoms with van der Waals surface area (Å²) in [5, 5.41) is 50.9. The van der Waals surface area contributed by atoms with E-state index in [-0.39, 0.29) is 52.4 Å². The van der Waals surface area contributed by atoms with Crippen LogP contribution < -0.4 is 4.74 Å². The fourth-order valence-electron chi connectivity index (χ4n) is 4.00. The summed E-state index contributed by atoms with van der Waals surface area (Å²) in [7, 11) is 0. The van der Waals surface area contributed by atoms with E-state index in [2.05, 4.69) is 6.58 Å². The molecule has 172 valence electrons. The molecular formula is C25H30O7. The molecule has 32 heavy (non-hydrogen) atoms. The monoisotopic (exact) mass is 442 g/mol. The van der Waals surface area contributed by atoms with Gasteiger partial charge in [0.15, 0.2) is 5.78 Å². The van der Waals surface area contributed by atoms with E-state index in [0.717, 1.165) is 17.7 Å². The van der Waals surface area contributed by atoms with Crippen molar-refractivity contribution in [3.63, 3.8) is 0 Å². The molecule has 7 nitrogen and oxygen atoms in total. The lowest BCUT2D eigenvalue weighted by Gasteiger charge is -2.30. The molecule has 7 heteroatoms. The molecule has 0 saturated carbocycles. The average Bonchev–Trinajstić information content (AvgIpc) is 2.65. The van der Waals surface area contributed by atoms with E-state index in [9.17, 15) is 30.3 Å². The van der Waals surface area contributed by atoms with Gasteiger partial charge in [0, 0.05) is 23.3 Å². The van der Waals surface area contributed by atoms with E-state index >= 15 is 0 Å². The van der Waals surface area contributed by atoms with Crippen LogP contribution in [0, 0.1) is 5.92 Å². The quantitative estimate of drug-likeness (QED) is 0.399. The SMILES string of the molecule is C=C(C)[C@@H](CCC(C)(C)O)Cc1c(O)cc(O)c2c1O[C@H](c1ccc(O)cc1O)CC2=O. The number of fused-ring (bicyclic) bond motifs is 1. The zero-order valence-corrected chi connectivity index (χ0v) is 18.6. The van der Waals surface area contributed by atoms with Crippen molar-refractivity contribution in [2.45, 2.75) is 58.2 Å². The van der Waals surface area contributed by atoms with E-state index in [0.29, 0.717) is 30.4 Å². The fraction of sp³-hybridized carbons (Fsp3) is 0.400. The topological polar surface area (TPSA) is 127 Å². The maximum absolute atomic E-state index is 12.9. The Hall–Kier alpha value is -3.19. The summed E-state index contributed by atoms with van der Waals surface area (Å²) in [6, 6.07) is 5.15. The van der Waals surface area contributed by atoms with Crippen LogP contribution in [0.5, 0.6) is 28.7 Å². The number of aliphatic hydroxyl groups is 1. The summed E-state index contributed by atoms with van der Waals surface area (Å²) in [6.07, 6.45) is 0.433. The minimum Gasteiger partial charge on any atom is -0.508 e. The standard InChI is InChI=1S/C25H30O7/c1-13(2)14(7-8-25(3,4)31)9-17-19(28)11-20(29)23-21(30)12-22(32-24(17)23)16-6-5-15(26)10-18(16)27/h5-6,10-11,14,22,26-29,31H,1,7-9,12H2,2-4H3/t14-,22-/m0/s1. The lowest BCUT2D eigenvalue weighted by molar-refractivity contribution is 0.0650. The lowest BCUT2D eigenvalue weighted by Crippen LogP contribution is -2.23. The van der Waals surface area contributed by atoms with Gasteiger partial charge in [-0.05, 0) is 58.1 Å². The van der Waals surface area contributed by atoms with Crippen LogP contribution in [0.15, 0.2) is 36.4 Å². The second kappa shape index (κ2) is 8.74. The number of carbonyl (C=O) groups is 1. The molecule has 0 radical (unpaired) electrons. The first-order chi connectivity index (χ1) is 14.9. The summed E-state index contributed by atoms with van der Waals surface area (Å²) < 4.78 is 6.07. The Morgan fingerprint density at radius 3 is 2.44 bits per heavy atom. The Morgan fingerprint density at radius 2 is 1.84 bits per heavy atom. The molecule has 0 saturated heterocycles. The highest BCUT2D eigenvalue weighted by atomic mass is 16.5. The molecule has 3 rings (SSSR count). The van der Waals surface area contributed by atoms with Crippen molar-refractivity contribution in [2.75, 3.05) is 0 Å². The van der Waals surface area contributed by atoms with Crippen molar-refractivity contribution in [1.82, 2.24) is 0 Å². The summed E-state index contributed by atoms with van der Waals surface area (Å²) in [5.41, 5.74) is 0.658. The van der Waals surface area contributed by atoms with E-state index in [4.69, 9.17) is 4.74 Å². The van der Waals surface area contributed by atoms with Gasteiger partial charge < -0.3 is 30.3 Å². The Kier molecular flexibility index (Phi) is 6.41. The van der Waals surface area contributed by atoms with Crippen LogP contribution in [-0.2, 0) is 6.42 Å². The largest absolute Gasteiger partial charge is 0.508 e. The number of carbonyl (C=O) groups excluding carboxylic acids is 1. The molecule has 0 spiro atoms. The van der Waals surface area contributed by atoms with Gasteiger partial charge >= 0.3 is 0 Å². The predicted molar refractivity (Wildman–Crippen MR) is 119 cm³/mol. The van der Waals surface area contributed by atoms with Gasteiger partial charge in [-0.15, -0.1) is 0 Å². The Morgan fingerprint density at radius 1 is 1.16 bits per heavy atom. The molecule has 2 aromatic rings. The number of phenols is 4. The molecule has 0 unspecified atom stereocenters. The zero-order valence-electron chi connectivity index (χ0n) is 18.6. The zero-order chi connectivity index (χ0) is 23.8. The van der Waals surface area contributed by atoms with E-state index in [1.807, 2.05) is 6.92 Å². The highest BCUT2D eigenvalue weighted by Crippen LogP contribution is 2.47. The Labute approximate surface area is 187 Å². The minimum atomic E-state index is -0.863. The molecule has 2 aromatic carbocycles. The van der Waals surface area contributed by atoms with Gasteiger partial charge in [-0.25, -0.2) is 0 Å². The van der Waals surface area contributed by atoms with Crippen LogP contribution in [0.2, 0.25) is 0 Å². The first-order valence-electron chi connectivity index (χ1n) is 10.5. The molecule has 2 atom stereocenters. The number of hydrogen-bond acceptors (Lipinski definition) is 7. The molecule has 0 aliphatic carbocycles. The summed E-state index contributed by atoms with van der Waals surface area (Å²) in [5.74, 6) is -1.34. The maximum atomic E-state index is 12.9. The number of benzene rings is 2. The lowest BCUT2D eigenvalue weighted by atomic mass is 9.84. The number of ketones is 1. The summed E-state index contributed by atoms with van der Waals surface area (Å²) in [4.78, 5) is 12.9. The van der Waals surface area contributed by atoms with Crippen molar-refractivity contribution in [3.8, 4) is 28.7 Å². The summed E-state index contributed by atoms with van der Waals surface area (Å²) >= 11 is 0. The van der Waals surface area contributed by atoms with Crippen LogP contribution in [0.4, 0.5) is 0 Å². The van der Waals surface area contributed by atoms with Gasteiger partial charge in [0.25, 0.3) is 0 Å². The summed E-state index contributed by atoms with van der Waals surface area (Å²) in [6.45, 7) is 9.34. The Bertz CT molecular complexity index is 1050. The van der Waals surface area contributed by atoms with Crippen LogP contribution in [0.3, 0.4) is 0 Å². The van der Waals surface area contributed by atoms with E-state index < -0.39 is 11.7 Å². The van der Waals surface area contributed by atoms with Gasteiger partial charge in [-0.2, -0.15) is 0 Å². The highest BCUT2D eigenvalue weighted by molar-refractivity contribution is 6.03. The normalized spacial score (nSPS) is 16.9. The van der Waals surface area contributed by atoms with Crippen LogP contribution in [0.25, 0.3) is 0 Å². The number of ether oxygens (including phenoxy) is 1. The molecule has 1 heterocycles. The van der Waals surface area contributed by atoms with Gasteiger partial charge in [0.05, 0.1) is 12.0 Å². The van der Waals surface area contributed by atoms with Crippen molar-refractivity contribution in [2.24, 2.45) is 5.92 Å². The number of Topliss-reactive ketones (excluding diaryl/α,β-unsaturated/α-hetero) is 1. The predicted octanol–water partition coefficient (Wildman–Crippen LogP) is 4.50. The average molecular weight is 443 g/mol. The minimum absolute atomic E-state index is 0.00438. The van der Waals surface area contributed by atoms with Crippen molar-refractivity contribution < 1.29 is 35.1 Å². The number of rotatable bonds is 7. The third-order valence-electron chi connectivity index (χ3n) is 5.86. The highest BCUT2D eigenvalue weighted by Gasteiger charge is 2.35. The van der Waals surface area contributed by atoms with Crippen LogP contribution >= 0.6 is 0 Å². The van der Waals surface area contributed by atoms with Gasteiger partial charge in [-0.3, -0.25) is 4.79 Å². The molecule has 1 aliphatic rings. The smallest absolute Gasteiger partial charge is 0.174 e. The van der Waals surface area contributed by atoms with Gasteiger partial charge in [-0.1, -0.05) is 12.2 Å². The number of phenolic OH excluding ortho intramolecular Hbond substituents is 4. The maximum Gasteiger partial charge on any atom is 0.174 e. The second-order valence-corrected chi connectivity index (χ2v) is 9.17. The third-order valence-corrected chi connectivity index (χ3v) is 5.86. The van der Waals surface area contributed by atoms with Crippen LogP contribution in [-0.4, -0.2) is 36.9 Å². The third kappa shape index (κ3) is 4.99. The number of allylic oxidation sites excluding steroid dienone is 1. The number of hydrogen-bond donors (Lipinski definition) is 5. The van der Waals surface area contributed by atoms with E-state index in [1.54, 1.807) is 13.8 Å². The molecule has 0 bridgehead atoms. The molecule has 0 aromatic heterocycles. The first-order valence-corrected chi connectivity index (χ1v) is 10.5. The fourth-order valence-corrected chi connectivity index (χ4v) is 4.00. The molecule has 0 fully saturated rings. The Balaban J connectivity index is 2.02. The molecule has 5 N–H and O–H groups in total. The van der Waals surface area contributed by atoms with Gasteiger partial charge in [0.1, 0.15) is 40.4 Å². The first kappa shape index (κ1) is 23.5. The van der Waals surface area contributed by atoms with Crippen LogP contribution in [0.1, 0.15) is 67.6 Å². The van der Waals surface area contributed by atoms with Crippen molar-refractivity contribution in [1.29, 1.82) is 0 Å². The molecular weight excluding hydrogens is 412 g/mol. The second-order valence-electron chi connectivity index (χ2n) is 9.17. The molecule has 0 amide bonds. The van der Waals surface area contributed by atoms with E-state index in [1.165, 1.54) is 12.1 Å². The molecule has 1 aliphatic heterocycles. The van der Waals surface area contributed by atoms with Crippen molar-refractivity contribution in [3.05, 3.63) is 53.1 Å². The van der Waals surface area contributed by atoms with Gasteiger partial charge in [0.2, 0.25) is 0 Å². The van der Waals surface area contributed by atoms with Crippen molar-refractivity contribution >= 4 is 5.78 Å².